The molecule has 2 rings (SSSR count). The predicted molar refractivity (Wildman–Crippen MR) is 86.7 cm³/mol. The highest BCUT2D eigenvalue weighted by Gasteiger charge is 2.20. The Morgan fingerprint density at radius 2 is 2.14 bits per heavy atom. The number of anilines is 1. The smallest absolute Gasteiger partial charge is 0.256 e. The summed E-state index contributed by atoms with van der Waals surface area (Å²) in [4.78, 5) is 11.9. The maximum absolute atomic E-state index is 12.1. The summed E-state index contributed by atoms with van der Waals surface area (Å²) < 4.78 is 24.9. The standard InChI is InChI=1S/C11H10ClIN4O3S/c1-17-5-9(21(14,19)20)10(16-17)15-11(18)6-2-3-8(13)7(12)4-6/h2-5H,1H3,(H2,14,19,20)(H,15,16,18). The van der Waals surface area contributed by atoms with Gasteiger partial charge in [0.15, 0.2) is 5.82 Å². The molecular weight excluding hydrogens is 431 g/mol. The van der Waals surface area contributed by atoms with Crippen LogP contribution in [0.5, 0.6) is 0 Å². The number of nitrogens with one attached hydrogen (secondary N) is 1. The summed E-state index contributed by atoms with van der Waals surface area (Å²) >= 11 is 7.98. The Kier molecular flexibility index (Phi) is 4.56. The minimum Gasteiger partial charge on any atom is -0.304 e. The maximum atomic E-state index is 12.1. The zero-order valence-electron chi connectivity index (χ0n) is 10.7. The molecule has 1 heterocycles. The fourth-order valence-electron chi connectivity index (χ4n) is 1.58. The highest BCUT2D eigenvalue weighted by molar-refractivity contribution is 14.1. The third-order valence-electron chi connectivity index (χ3n) is 2.52. The van der Waals surface area contributed by atoms with Gasteiger partial charge in [-0.3, -0.25) is 9.48 Å². The molecule has 7 nitrogen and oxygen atoms in total. The summed E-state index contributed by atoms with van der Waals surface area (Å²) in [7, 11) is -2.46. The second-order valence-electron chi connectivity index (χ2n) is 4.14. The van der Waals surface area contributed by atoms with Crippen LogP contribution in [0, 0.1) is 3.57 Å². The number of nitrogens with two attached hydrogens (primary N) is 1. The van der Waals surface area contributed by atoms with Gasteiger partial charge in [0.25, 0.3) is 5.91 Å². The van der Waals surface area contributed by atoms with Crippen LogP contribution in [0.25, 0.3) is 0 Å². The van der Waals surface area contributed by atoms with Crippen molar-refractivity contribution < 1.29 is 13.2 Å². The van der Waals surface area contributed by atoms with Crippen LogP contribution < -0.4 is 10.5 Å². The van der Waals surface area contributed by atoms with Crippen molar-refractivity contribution in [3.8, 4) is 0 Å². The lowest BCUT2D eigenvalue weighted by Crippen LogP contribution is -2.17. The normalized spacial score (nSPS) is 11.4. The Bertz CT molecular complexity index is 819. The van der Waals surface area contributed by atoms with Gasteiger partial charge in [-0.1, -0.05) is 11.6 Å². The third-order valence-corrected chi connectivity index (χ3v) is 5.00. The van der Waals surface area contributed by atoms with Crippen LogP contribution in [0.15, 0.2) is 29.3 Å². The largest absolute Gasteiger partial charge is 0.304 e. The number of rotatable bonds is 3. The van der Waals surface area contributed by atoms with Crippen LogP contribution in [0.2, 0.25) is 5.02 Å². The molecule has 3 N–H and O–H groups in total. The van der Waals surface area contributed by atoms with Gasteiger partial charge in [0.05, 0.1) is 5.02 Å². The molecular formula is C11H10ClIN4O3S. The first kappa shape index (κ1) is 16.2. The van der Waals surface area contributed by atoms with E-state index in [0.29, 0.717) is 5.02 Å². The molecule has 1 amide bonds. The fourth-order valence-corrected chi connectivity index (χ4v) is 2.76. The summed E-state index contributed by atoms with van der Waals surface area (Å²) in [5, 5.41) is 11.8. The van der Waals surface area contributed by atoms with Crippen molar-refractivity contribution in [3.05, 3.63) is 38.6 Å². The summed E-state index contributed by atoms with van der Waals surface area (Å²) in [6.07, 6.45) is 1.21. The molecule has 0 aliphatic carbocycles. The molecule has 0 saturated carbocycles. The average molecular weight is 441 g/mol. The van der Waals surface area contributed by atoms with Crippen molar-refractivity contribution >= 4 is 55.9 Å². The Morgan fingerprint density at radius 1 is 1.48 bits per heavy atom. The second-order valence-corrected chi connectivity index (χ2v) is 7.24. The average Bonchev–Trinajstić information content (AvgIpc) is 2.73. The number of carbonyl (C=O) groups is 1. The molecule has 0 atom stereocenters. The number of aromatic nitrogens is 2. The van der Waals surface area contributed by atoms with Crippen molar-refractivity contribution in [2.75, 3.05) is 5.32 Å². The molecule has 1 aromatic carbocycles. The molecule has 21 heavy (non-hydrogen) atoms. The van der Waals surface area contributed by atoms with Crippen molar-refractivity contribution in [2.24, 2.45) is 12.2 Å². The molecule has 1 aromatic heterocycles. The molecule has 0 radical (unpaired) electrons. The number of hydrogen-bond acceptors (Lipinski definition) is 4. The lowest BCUT2D eigenvalue weighted by atomic mass is 10.2. The van der Waals surface area contributed by atoms with Gasteiger partial charge < -0.3 is 5.32 Å². The van der Waals surface area contributed by atoms with Gasteiger partial charge in [-0.15, -0.1) is 0 Å². The lowest BCUT2D eigenvalue weighted by molar-refractivity contribution is 0.102. The zero-order chi connectivity index (χ0) is 15.8. The van der Waals surface area contributed by atoms with Gasteiger partial charge in [0.1, 0.15) is 4.90 Å². The molecule has 0 aliphatic heterocycles. The number of hydrogen-bond donors (Lipinski definition) is 2. The molecule has 10 heteroatoms. The number of primary sulfonamides is 1. The topological polar surface area (TPSA) is 107 Å². The second kappa shape index (κ2) is 5.91. The van der Waals surface area contributed by atoms with E-state index in [0.717, 1.165) is 3.57 Å². The summed E-state index contributed by atoms with van der Waals surface area (Å²) in [6, 6.07) is 4.73. The van der Waals surface area contributed by atoms with Gasteiger partial charge in [-0.05, 0) is 40.8 Å². The number of benzene rings is 1. The van der Waals surface area contributed by atoms with E-state index in [4.69, 9.17) is 16.7 Å². The number of sulfonamides is 1. The van der Waals surface area contributed by atoms with E-state index in [1.807, 2.05) is 22.6 Å². The van der Waals surface area contributed by atoms with Crippen molar-refractivity contribution in [3.63, 3.8) is 0 Å². The van der Waals surface area contributed by atoms with Gasteiger partial charge in [-0.2, -0.15) is 5.10 Å². The van der Waals surface area contributed by atoms with Crippen LogP contribution in [0.4, 0.5) is 5.82 Å². The van der Waals surface area contributed by atoms with E-state index in [1.54, 1.807) is 12.1 Å². The lowest BCUT2D eigenvalue weighted by Gasteiger charge is -2.05. The molecule has 112 valence electrons. The molecule has 0 unspecified atom stereocenters. The minimum absolute atomic E-state index is 0.125. The van der Waals surface area contributed by atoms with Crippen LogP contribution in [0.1, 0.15) is 10.4 Å². The SMILES string of the molecule is Cn1cc(S(N)(=O)=O)c(NC(=O)c2ccc(I)c(Cl)c2)n1. The van der Waals surface area contributed by atoms with Gasteiger partial charge in [0.2, 0.25) is 10.0 Å². The van der Waals surface area contributed by atoms with Gasteiger partial charge >= 0.3 is 0 Å². The number of aryl methyl sites for hydroxylation is 1. The Labute approximate surface area is 139 Å². The van der Waals surface area contributed by atoms with Crippen LogP contribution in [-0.4, -0.2) is 24.1 Å². The van der Waals surface area contributed by atoms with Crippen LogP contribution >= 0.6 is 34.2 Å². The van der Waals surface area contributed by atoms with Crippen molar-refractivity contribution in [1.82, 2.24) is 9.78 Å². The van der Waals surface area contributed by atoms with Gasteiger partial charge in [0, 0.05) is 22.4 Å². The first-order valence-corrected chi connectivity index (χ1v) is 8.51. The monoisotopic (exact) mass is 440 g/mol. The molecule has 0 aliphatic rings. The minimum atomic E-state index is -3.98. The molecule has 2 aromatic rings. The van der Waals surface area contributed by atoms with E-state index < -0.39 is 15.9 Å². The molecule has 0 bridgehead atoms. The summed E-state index contributed by atoms with van der Waals surface area (Å²) in [6.45, 7) is 0. The number of amides is 1. The van der Waals surface area contributed by atoms with Crippen LogP contribution in [-0.2, 0) is 17.1 Å². The number of nitrogens with zero attached hydrogens (tertiary/aromatic N) is 2. The number of carbonyl (C=O) groups excluding carboxylic acids is 1. The molecule has 0 fully saturated rings. The predicted octanol–water partition coefficient (Wildman–Crippen LogP) is 1.58. The first-order valence-electron chi connectivity index (χ1n) is 5.51. The quantitative estimate of drug-likeness (QED) is 0.707. The van der Waals surface area contributed by atoms with Crippen LogP contribution in [0.3, 0.4) is 0 Å². The Balaban J connectivity index is 2.34. The first-order chi connectivity index (χ1) is 9.68. The highest BCUT2D eigenvalue weighted by atomic mass is 127. The molecule has 0 spiro atoms. The molecule has 0 saturated heterocycles. The van der Waals surface area contributed by atoms with E-state index in [1.165, 1.54) is 24.0 Å². The van der Waals surface area contributed by atoms with Crippen molar-refractivity contribution in [1.29, 1.82) is 0 Å². The van der Waals surface area contributed by atoms with E-state index >= 15 is 0 Å². The Morgan fingerprint density at radius 3 is 2.71 bits per heavy atom. The summed E-state index contributed by atoms with van der Waals surface area (Å²) in [5.41, 5.74) is 0.284. The number of halogens is 2. The maximum Gasteiger partial charge on any atom is 0.256 e. The van der Waals surface area contributed by atoms with Gasteiger partial charge in [-0.25, -0.2) is 13.6 Å². The van der Waals surface area contributed by atoms with E-state index in [2.05, 4.69) is 10.4 Å². The van der Waals surface area contributed by atoms with Crippen molar-refractivity contribution in [2.45, 2.75) is 4.90 Å². The third kappa shape index (κ3) is 3.73. The Hall–Kier alpha value is -1.17. The highest BCUT2D eigenvalue weighted by Crippen LogP contribution is 2.22. The fraction of sp³-hybridized carbons (Fsp3) is 0.0909. The van der Waals surface area contributed by atoms with E-state index in [9.17, 15) is 13.2 Å². The zero-order valence-corrected chi connectivity index (χ0v) is 14.4. The van der Waals surface area contributed by atoms with E-state index in [-0.39, 0.29) is 16.3 Å². The summed E-state index contributed by atoms with van der Waals surface area (Å²) in [5.74, 6) is -0.656.